The second-order valence-corrected chi connectivity index (χ2v) is 7.16. The van der Waals surface area contributed by atoms with Gasteiger partial charge in [0.05, 0.1) is 6.04 Å². The predicted octanol–water partition coefficient (Wildman–Crippen LogP) is 6.32. The van der Waals surface area contributed by atoms with Crippen molar-refractivity contribution < 1.29 is 0 Å². The van der Waals surface area contributed by atoms with Crippen molar-refractivity contribution >= 4 is 28.1 Å². The lowest BCUT2D eigenvalue weighted by molar-refractivity contribution is 0.426. The first kappa shape index (κ1) is 14.1. The van der Waals surface area contributed by atoms with E-state index in [0.29, 0.717) is 11.8 Å². The molecule has 3 atom stereocenters. The average Bonchev–Trinajstić information content (AvgIpc) is 3.11. The number of halogens is 1. The summed E-state index contributed by atoms with van der Waals surface area (Å²) in [7, 11) is 0. The maximum absolute atomic E-state index is 6.53. The highest BCUT2D eigenvalue weighted by Gasteiger charge is 2.38. The Kier molecular flexibility index (Phi) is 3.17. The number of rotatable bonds is 1. The van der Waals surface area contributed by atoms with E-state index in [9.17, 15) is 0 Å². The minimum absolute atomic E-state index is 0.247. The van der Waals surface area contributed by atoms with Gasteiger partial charge < -0.3 is 5.32 Å². The third-order valence-electron chi connectivity index (χ3n) is 5.50. The zero-order valence-corrected chi connectivity index (χ0v) is 14.0. The number of nitrogens with one attached hydrogen (secondary N) is 1. The first-order valence-electron chi connectivity index (χ1n) is 8.52. The Labute approximate surface area is 147 Å². The Morgan fingerprint density at radius 3 is 2.62 bits per heavy atom. The van der Waals surface area contributed by atoms with Gasteiger partial charge in [-0.2, -0.15) is 0 Å². The van der Waals surface area contributed by atoms with E-state index in [-0.39, 0.29) is 6.04 Å². The van der Waals surface area contributed by atoms with Gasteiger partial charge >= 0.3 is 0 Å². The van der Waals surface area contributed by atoms with Gasteiger partial charge in [-0.15, -0.1) is 0 Å². The van der Waals surface area contributed by atoms with Gasteiger partial charge in [0.15, 0.2) is 0 Å². The summed E-state index contributed by atoms with van der Waals surface area (Å²) in [6.45, 7) is 0. The minimum atomic E-state index is 0.247. The SMILES string of the molecule is Clc1ccccc1C1Nc2c(ccc3ccccc23)C2C=CCC21. The van der Waals surface area contributed by atoms with Crippen molar-refractivity contribution in [1.82, 2.24) is 0 Å². The number of anilines is 1. The molecule has 0 fully saturated rings. The molecule has 3 aromatic carbocycles. The van der Waals surface area contributed by atoms with Crippen LogP contribution in [0.15, 0.2) is 72.8 Å². The molecule has 1 aliphatic carbocycles. The van der Waals surface area contributed by atoms with Crippen LogP contribution in [0.2, 0.25) is 5.02 Å². The zero-order valence-electron chi connectivity index (χ0n) is 13.2. The molecule has 0 amide bonds. The lowest BCUT2D eigenvalue weighted by Crippen LogP contribution is -2.29. The standard InChI is InChI=1S/C22H18ClN/c23-20-11-4-3-8-19(20)22-17-10-5-9-16(17)18-13-12-14-6-1-2-7-15(14)21(18)24-22/h1-9,11-13,16-17,22,24H,10H2. The van der Waals surface area contributed by atoms with Crippen LogP contribution in [0.4, 0.5) is 5.69 Å². The molecule has 1 aliphatic heterocycles. The van der Waals surface area contributed by atoms with Crippen molar-refractivity contribution in [3.63, 3.8) is 0 Å². The van der Waals surface area contributed by atoms with Gasteiger partial charge in [0.2, 0.25) is 0 Å². The number of allylic oxidation sites excluding steroid dienone is 2. The van der Waals surface area contributed by atoms with Crippen molar-refractivity contribution in [2.24, 2.45) is 5.92 Å². The largest absolute Gasteiger partial charge is 0.377 e. The van der Waals surface area contributed by atoms with Crippen LogP contribution in [0, 0.1) is 5.92 Å². The minimum Gasteiger partial charge on any atom is -0.377 e. The molecule has 2 heteroatoms. The van der Waals surface area contributed by atoms with Crippen LogP contribution in [-0.2, 0) is 0 Å². The van der Waals surface area contributed by atoms with Crippen molar-refractivity contribution in [3.05, 3.63) is 89.0 Å². The summed E-state index contributed by atoms with van der Waals surface area (Å²) < 4.78 is 0. The second kappa shape index (κ2) is 5.39. The Morgan fingerprint density at radius 2 is 1.71 bits per heavy atom. The van der Waals surface area contributed by atoms with Gasteiger partial charge in [-0.05, 0) is 34.9 Å². The molecule has 0 spiro atoms. The van der Waals surface area contributed by atoms with Gasteiger partial charge in [-0.3, -0.25) is 0 Å². The average molecular weight is 332 g/mol. The summed E-state index contributed by atoms with van der Waals surface area (Å²) >= 11 is 6.53. The Balaban J connectivity index is 1.72. The van der Waals surface area contributed by atoms with E-state index in [1.165, 1.54) is 27.6 Å². The predicted molar refractivity (Wildman–Crippen MR) is 102 cm³/mol. The fourth-order valence-electron chi connectivity index (χ4n) is 4.37. The van der Waals surface area contributed by atoms with Gasteiger partial charge in [-0.25, -0.2) is 0 Å². The first-order chi connectivity index (χ1) is 11.8. The number of fused-ring (bicyclic) bond motifs is 5. The van der Waals surface area contributed by atoms with E-state index in [4.69, 9.17) is 11.6 Å². The second-order valence-electron chi connectivity index (χ2n) is 6.75. The molecule has 3 aromatic rings. The van der Waals surface area contributed by atoms with Gasteiger partial charge in [0.1, 0.15) is 0 Å². The van der Waals surface area contributed by atoms with E-state index in [0.717, 1.165) is 11.4 Å². The fraction of sp³-hybridized carbons (Fsp3) is 0.182. The maximum Gasteiger partial charge on any atom is 0.0568 e. The quantitative estimate of drug-likeness (QED) is 0.514. The van der Waals surface area contributed by atoms with Crippen LogP contribution in [0.1, 0.15) is 29.5 Å². The summed E-state index contributed by atoms with van der Waals surface area (Å²) in [5.41, 5.74) is 3.89. The summed E-state index contributed by atoms with van der Waals surface area (Å²) in [5.74, 6) is 0.991. The summed E-state index contributed by atoms with van der Waals surface area (Å²) in [5, 5.41) is 7.27. The van der Waals surface area contributed by atoms with Crippen LogP contribution < -0.4 is 5.32 Å². The lowest BCUT2D eigenvalue weighted by atomic mass is 9.76. The van der Waals surface area contributed by atoms with Crippen LogP contribution >= 0.6 is 11.6 Å². The van der Waals surface area contributed by atoms with Crippen LogP contribution in [0.5, 0.6) is 0 Å². The lowest BCUT2D eigenvalue weighted by Gasteiger charge is -2.38. The van der Waals surface area contributed by atoms with Crippen molar-refractivity contribution in [1.29, 1.82) is 0 Å². The van der Waals surface area contributed by atoms with E-state index in [1.807, 2.05) is 12.1 Å². The molecule has 3 unspecified atom stereocenters. The summed E-state index contributed by atoms with van der Waals surface area (Å²) in [4.78, 5) is 0. The summed E-state index contributed by atoms with van der Waals surface area (Å²) in [6, 6.07) is 21.6. The molecule has 0 radical (unpaired) electrons. The van der Waals surface area contributed by atoms with Gasteiger partial charge in [0, 0.05) is 22.0 Å². The molecule has 0 saturated heterocycles. The molecule has 118 valence electrons. The Morgan fingerprint density at radius 1 is 0.875 bits per heavy atom. The molecule has 1 nitrogen and oxygen atoms in total. The van der Waals surface area contributed by atoms with Crippen LogP contribution in [0.3, 0.4) is 0 Å². The number of benzene rings is 3. The van der Waals surface area contributed by atoms with E-state index in [1.54, 1.807) is 0 Å². The first-order valence-corrected chi connectivity index (χ1v) is 8.90. The zero-order chi connectivity index (χ0) is 16.1. The smallest absolute Gasteiger partial charge is 0.0568 e. The number of hydrogen-bond donors (Lipinski definition) is 1. The third-order valence-corrected chi connectivity index (χ3v) is 5.85. The van der Waals surface area contributed by atoms with Gasteiger partial charge in [-0.1, -0.05) is 78.4 Å². The van der Waals surface area contributed by atoms with Crippen LogP contribution in [-0.4, -0.2) is 0 Å². The third kappa shape index (κ3) is 2.01. The molecule has 0 aromatic heterocycles. The summed E-state index contributed by atoms with van der Waals surface area (Å²) in [6.07, 6.45) is 5.80. The van der Waals surface area contributed by atoms with E-state index < -0.39 is 0 Å². The maximum atomic E-state index is 6.53. The Hall–Kier alpha value is -2.25. The molecule has 0 bridgehead atoms. The fourth-order valence-corrected chi connectivity index (χ4v) is 4.63. The molecular weight excluding hydrogens is 314 g/mol. The van der Waals surface area contributed by atoms with Crippen molar-refractivity contribution in [2.45, 2.75) is 18.4 Å². The van der Waals surface area contributed by atoms with E-state index in [2.05, 4.69) is 66.0 Å². The highest BCUT2D eigenvalue weighted by Crippen LogP contribution is 2.52. The highest BCUT2D eigenvalue weighted by molar-refractivity contribution is 6.31. The van der Waals surface area contributed by atoms with Gasteiger partial charge in [0.25, 0.3) is 0 Å². The highest BCUT2D eigenvalue weighted by atomic mass is 35.5. The van der Waals surface area contributed by atoms with Crippen molar-refractivity contribution in [3.8, 4) is 0 Å². The molecule has 1 N–H and O–H groups in total. The van der Waals surface area contributed by atoms with Crippen LogP contribution in [0.25, 0.3) is 10.8 Å². The van der Waals surface area contributed by atoms with Crippen molar-refractivity contribution in [2.75, 3.05) is 5.32 Å². The van der Waals surface area contributed by atoms with E-state index >= 15 is 0 Å². The molecule has 24 heavy (non-hydrogen) atoms. The molecule has 0 saturated carbocycles. The Bertz CT molecular complexity index is 959. The molecule has 1 heterocycles. The monoisotopic (exact) mass is 331 g/mol. The normalized spacial score (nSPS) is 24.5. The molecule has 5 rings (SSSR count). The number of hydrogen-bond acceptors (Lipinski definition) is 1. The molecule has 2 aliphatic rings. The molecular formula is C22H18ClN. The topological polar surface area (TPSA) is 12.0 Å².